The number of pyridine rings is 2. The van der Waals surface area contributed by atoms with Gasteiger partial charge in [-0.1, -0.05) is 6.92 Å². The Morgan fingerprint density at radius 3 is 2.90 bits per heavy atom. The number of thiophene rings is 1. The first-order chi connectivity index (χ1) is 14.5. The van der Waals surface area contributed by atoms with Crippen LogP contribution in [0.3, 0.4) is 0 Å². The van der Waals surface area contributed by atoms with Crippen LogP contribution in [0.15, 0.2) is 36.7 Å². The molecule has 0 spiro atoms. The Morgan fingerprint density at radius 1 is 1.30 bits per heavy atom. The summed E-state index contributed by atoms with van der Waals surface area (Å²) in [6.07, 6.45) is 5.75. The summed E-state index contributed by atoms with van der Waals surface area (Å²) in [6.45, 7) is 3.25. The van der Waals surface area contributed by atoms with Gasteiger partial charge in [0.15, 0.2) is 5.78 Å². The molecule has 0 bridgehead atoms. The number of carbonyl (C=O) groups is 1. The third-order valence-corrected chi connectivity index (χ3v) is 7.44. The van der Waals surface area contributed by atoms with E-state index in [9.17, 15) is 9.90 Å². The van der Waals surface area contributed by atoms with Crippen LogP contribution in [0.1, 0.15) is 46.6 Å². The van der Waals surface area contributed by atoms with Gasteiger partial charge in [0, 0.05) is 60.0 Å². The van der Waals surface area contributed by atoms with E-state index in [0.29, 0.717) is 24.7 Å². The summed E-state index contributed by atoms with van der Waals surface area (Å²) >= 11 is 1.79. The molecule has 1 aliphatic carbocycles. The molecule has 1 aliphatic heterocycles. The molecule has 7 heteroatoms. The predicted octanol–water partition coefficient (Wildman–Crippen LogP) is 3.14. The minimum absolute atomic E-state index is 0.0142. The molecule has 2 aliphatic rings. The molecule has 156 valence electrons. The van der Waals surface area contributed by atoms with E-state index in [1.807, 2.05) is 25.1 Å². The summed E-state index contributed by atoms with van der Waals surface area (Å²) < 4.78 is 1.14. The van der Waals surface area contributed by atoms with Crippen molar-refractivity contribution in [2.24, 2.45) is 11.7 Å². The molecule has 6 nitrogen and oxygen atoms in total. The Hall–Kier alpha value is -2.35. The van der Waals surface area contributed by atoms with Crippen molar-refractivity contribution in [1.29, 1.82) is 0 Å². The van der Waals surface area contributed by atoms with Crippen LogP contribution in [0.4, 0.5) is 5.69 Å². The summed E-state index contributed by atoms with van der Waals surface area (Å²) in [6, 6.07) is 7.61. The van der Waals surface area contributed by atoms with Crippen molar-refractivity contribution in [2.45, 2.75) is 44.2 Å². The summed E-state index contributed by atoms with van der Waals surface area (Å²) in [4.78, 5) is 25.5. The second-order valence-electron chi connectivity index (χ2n) is 8.64. The molecule has 0 unspecified atom stereocenters. The SMILES string of the molecule is C[C@H]1CN(c2ccncc2CC(=O)c2ccc3sc(C4CC4)cc3n2)C[C@@H](N)[C@@H]1O. The number of carbonyl (C=O) groups excluding carboxylic acids is 1. The Bertz CT molecular complexity index is 1080. The second kappa shape index (κ2) is 7.72. The Kier molecular flexibility index (Phi) is 5.05. The highest BCUT2D eigenvalue weighted by Crippen LogP contribution is 2.44. The topological polar surface area (TPSA) is 92.3 Å². The average molecular weight is 423 g/mol. The fraction of sp³-hybridized carbons (Fsp3) is 0.435. The lowest BCUT2D eigenvalue weighted by Crippen LogP contribution is -2.55. The van der Waals surface area contributed by atoms with Crippen LogP contribution in [-0.4, -0.2) is 46.1 Å². The third kappa shape index (κ3) is 3.73. The lowest BCUT2D eigenvalue weighted by molar-refractivity contribution is 0.0784. The van der Waals surface area contributed by atoms with E-state index in [4.69, 9.17) is 5.73 Å². The maximum atomic E-state index is 13.1. The molecule has 1 saturated carbocycles. The number of Topliss-reactive ketones (excluding diaryl/α,β-unsaturated/α-hetero) is 1. The number of nitrogens with two attached hydrogens (primary N) is 1. The summed E-state index contributed by atoms with van der Waals surface area (Å²) in [5.41, 5.74) is 9.38. The van der Waals surface area contributed by atoms with E-state index in [1.165, 1.54) is 17.7 Å². The molecule has 2 fully saturated rings. The highest BCUT2D eigenvalue weighted by Gasteiger charge is 2.32. The fourth-order valence-electron chi connectivity index (χ4n) is 4.31. The molecule has 4 heterocycles. The van der Waals surface area contributed by atoms with E-state index in [2.05, 4.69) is 20.9 Å². The Balaban J connectivity index is 1.38. The Labute approximate surface area is 179 Å². The van der Waals surface area contributed by atoms with Crippen molar-refractivity contribution in [2.75, 3.05) is 18.0 Å². The molecule has 3 atom stereocenters. The van der Waals surface area contributed by atoms with Gasteiger partial charge in [-0.15, -0.1) is 11.3 Å². The van der Waals surface area contributed by atoms with Gasteiger partial charge < -0.3 is 15.7 Å². The number of aliphatic hydroxyl groups is 1. The first-order valence-electron chi connectivity index (χ1n) is 10.5. The molecule has 3 N–H and O–H groups in total. The van der Waals surface area contributed by atoms with Crippen molar-refractivity contribution in [3.8, 4) is 0 Å². The van der Waals surface area contributed by atoms with E-state index in [-0.39, 0.29) is 24.2 Å². The number of nitrogens with zero attached hydrogens (tertiary/aromatic N) is 3. The molecular weight excluding hydrogens is 396 g/mol. The number of aromatic nitrogens is 2. The summed E-state index contributed by atoms with van der Waals surface area (Å²) in [5.74, 6) is 0.742. The normalized spacial score (nSPS) is 24.4. The fourth-order valence-corrected chi connectivity index (χ4v) is 5.48. The number of piperidine rings is 1. The second-order valence-corrected chi connectivity index (χ2v) is 9.76. The van der Waals surface area contributed by atoms with Gasteiger partial charge in [-0.2, -0.15) is 0 Å². The number of hydrogen-bond donors (Lipinski definition) is 2. The molecule has 1 saturated heterocycles. The van der Waals surface area contributed by atoms with Crippen LogP contribution >= 0.6 is 11.3 Å². The largest absolute Gasteiger partial charge is 0.391 e. The number of aliphatic hydroxyl groups excluding tert-OH is 1. The highest BCUT2D eigenvalue weighted by atomic mass is 32.1. The summed E-state index contributed by atoms with van der Waals surface area (Å²) in [7, 11) is 0. The zero-order valence-corrected chi connectivity index (χ0v) is 17.8. The number of anilines is 1. The highest BCUT2D eigenvalue weighted by molar-refractivity contribution is 7.19. The van der Waals surface area contributed by atoms with Crippen molar-refractivity contribution in [3.05, 3.63) is 52.8 Å². The average Bonchev–Trinajstić information content (AvgIpc) is 3.50. The molecule has 0 aromatic carbocycles. The van der Waals surface area contributed by atoms with Crippen LogP contribution in [-0.2, 0) is 6.42 Å². The molecule has 30 heavy (non-hydrogen) atoms. The van der Waals surface area contributed by atoms with Gasteiger partial charge in [-0.05, 0) is 43.0 Å². The molecule has 3 aromatic rings. The van der Waals surface area contributed by atoms with Crippen LogP contribution in [0.2, 0.25) is 0 Å². The minimum Gasteiger partial charge on any atom is -0.391 e. The van der Waals surface area contributed by atoms with Crippen LogP contribution in [0, 0.1) is 5.92 Å². The number of fused-ring (bicyclic) bond motifs is 1. The first kappa shape index (κ1) is 19.6. The summed E-state index contributed by atoms with van der Waals surface area (Å²) in [5, 5.41) is 10.2. The van der Waals surface area contributed by atoms with Gasteiger partial charge in [-0.3, -0.25) is 9.78 Å². The predicted molar refractivity (Wildman–Crippen MR) is 119 cm³/mol. The zero-order valence-electron chi connectivity index (χ0n) is 17.0. The van der Waals surface area contributed by atoms with E-state index < -0.39 is 6.10 Å². The Morgan fingerprint density at radius 2 is 2.13 bits per heavy atom. The van der Waals surface area contributed by atoms with E-state index >= 15 is 0 Å². The lowest BCUT2D eigenvalue weighted by atomic mass is 9.92. The van der Waals surface area contributed by atoms with Gasteiger partial charge in [0.25, 0.3) is 0 Å². The van der Waals surface area contributed by atoms with E-state index in [0.717, 1.165) is 21.5 Å². The number of rotatable bonds is 5. The zero-order chi connectivity index (χ0) is 20.8. The molecular formula is C23H26N4O2S. The van der Waals surface area contributed by atoms with Gasteiger partial charge in [0.1, 0.15) is 5.69 Å². The lowest BCUT2D eigenvalue weighted by Gasteiger charge is -2.40. The molecule has 5 rings (SSSR count). The maximum absolute atomic E-state index is 13.1. The van der Waals surface area contributed by atoms with Crippen molar-refractivity contribution in [3.63, 3.8) is 0 Å². The molecule has 0 radical (unpaired) electrons. The molecule has 0 amide bonds. The van der Waals surface area contributed by atoms with Crippen LogP contribution in [0.5, 0.6) is 0 Å². The number of hydrogen-bond acceptors (Lipinski definition) is 7. The maximum Gasteiger partial charge on any atom is 0.185 e. The van der Waals surface area contributed by atoms with Crippen LogP contribution in [0.25, 0.3) is 10.2 Å². The minimum atomic E-state index is -0.504. The standard InChI is InChI=1S/C23H26N4O2S/c1-13-11-27(12-16(24)23(13)29)19-6-7-25-10-15(19)8-20(28)17-4-5-21-18(26-17)9-22(30-21)14-2-3-14/h4-7,9-10,13-14,16,23,29H,2-3,8,11-12,24H2,1H3/t13-,16+,23+/m0/s1. The van der Waals surface area contributed by atoms with Crippen LogP contribution < -0.4 is 10.6 Å². The van der Waals surface area contributed by atoms with Crippen molar-refractivity contribution < 1.29 is 9.90 Å². The van der Waals surface area contributed by atoms with Crippen molar-refractivity contribution >= 4 is 33.0 Å². The van der Waals surface area contributed by atoms with E-state index in [1.54, 1.807) is 23.7 Å². The third-order valence-electron chi connectivity index (χ3n) is 6.19. The number of ketones is 1. The molecule has 3 aromatic heterocycles. The van der Waals surface area contributed by atoms with Gasteiger partial charge in [-0.25, -0.2) is 4.98 Å². The van der Waals surface area contributed by atoms with Gasteiger partial charge in [0.2, 0.25) is 0 Å². The monoisotopic (exact) mass is 422 g/mol. The quantitative estimate of drug-likeness (QED) is 0.614. The first-order valence-corrected chi connectivity index (χ1v) is 11.4. The van der Waals surface area contributed by atoms with Gasteiger partial charge in [0.05, 0.1) is 16.3 Å². The smallest absolute Gasteiger partial charge is 0.185 e. The van der Waals surface area contributed by atoms with Gasteiger partial charge >= 0.3 is 0 Å². The van der Waals surface area contributed by atoms with Crippen molar-refractivity contribution in [1.82, 2.24) is 9.97 Å².